The Kier molecular flexibility index (Phi) is 2.03. The average molecular weight is 207 g/mol. The van der Waals surface area contributed by atoms with Gasteiger partial charge in [-0.05, 0) is 24.1 Å². The Morgan fingerprint density at radius 3 is 2.25 bits per heavy atom. The number of hydrogen-bond acceptors (Lipinski definition) is 0. The predicted molar refractivity (Wildman–Crippen MR) is 68.5 cm³/mol. The van der Waals surface area contributed by atoms with Crippen molar-refractivity contribution in [2.45, 2.75) is 6.92 Å². The number of nitrogens with one attached hydrogen (secondary N) is 1. The summed E-state index contributed by atoms with van der Waals surface area (Å²) in [6, 6.07) is 18.9. The van der Waals surface area contributed by atoms with Gasteiger partial charge in [0.15, 0.2) is 0 Å². The molecule has 2 aromatic carbocycles. The van der Waals surface area contributed by atoms with Crippen molar-refractivity contribution in [1.29, 1.82) is 0 Å². The van der Waals surface area contributed by atoms with Gasteiger partial charge in [0.25, 0.3) is 0 Å². The van der Waals surface area contributed by atoms with Crippen LogP contribution < -0.4 is 0 Å². The first kappa shape index (κ1) is 9.22. The highest BCUT2D eigenvalue weighted by Gasteiger charge is 2.07. The molecule has 1 aromatic heterocycles. The third-order valence-corrected chi connectivity index (χ3v) is 3.03. The fraction of sp³-hybridized carbons (Fsp3) is 0.0667. The lowest BCUT2D eigenvalue weighted by atomic mass is 10.1. The number of aryl methyl sites for hydroxylation is 1. The summed E-state index contributed by atoms with van der Waals surface area (Å²) in [5.74, 6) is 0. The molecule has 1 nitrogen and oxygen atoms in total. The van der Waals surface area contributed by atoms with Crippen LogP contribution >= 0.6 is 0 Å². The van der Waals surface area contributed by atoms with Gasteiger partial charge in [-0.25, -0.2) is 0 Å². The molecule has 0 atom stereocenters. The SMILES string of the molecule is Cc1c(-c2ccccc2)[nH]c2ccccc12. The fourth-order valence-corrected chi connectivity index (χ4v) is 2.18. The van der Waals surface area contributed by atoms with E-state index in [1.165, 1.54) is 27.7 Å². The Morgan fingerprint density at radius 2 is 1.50 bits per heavy atom. The summed E-state index contributed by atoms with van der Waals surface area (Å²) in [5.41, 5.74) is 5.00. The molecule has 0 aliphatic carbocycles. The molecule has 0 bridgehead atoms. The van der Waals surface area contributed by atoms with Gasteiger partial charge in [0.2, 0.25) is 0 Å². The second kappa shape index (κ2) is 3.53. The molecule has 1 N–H and O–H groups in total. The monoisotopic (exact) mass is 207 g/mol. The molecule has 0 unspecified atom stereocenters. The first-order chi connectivity index (χ1) is 7.86. The molecule has 1 heterocycles. The van der Waals surface area contributed by atoms with Crippen LogP contribution in [0, 0.1) is 6.92 Å². The third-order valence-electron chi connectivity index (χ3n) is 3.03. The summed E-state index contributed by atoms with van der Waals surface area (Å²) in [4.78, 5) is 3.48. The van der Waals surface area contributed by atoms with E-state index in [2.05, 4.69) is 60.4 Å². The maximum absolute atomic E-state index is 3.48. The molecule has 3 rings (SSSR count). The number of hydrogen-bond donors (Lipinski definition) is 1. The third kappa shape index (κ3) is 1.33. The number of aromatic nitrogens is 1. The molecule has 0 saturated heterocycles. The standard InChI is InChI=1S/C15H13N/c1-11-13-9-5-6-10-14(13)16-15(11)12-7-3-2-4-8-12/h2-10,16H,1H3. The average Bonchev–Trinajstić information content (AvgIpc) is 2.69. The van der Waals surface area contributed by atoms with E-state index >= 15 is 0 Å². The van der Waals surface area contributed by atoms with Crippen molar-refractivity contribution in [3.8, 4) is 11.3 Å². The van der Waals surface area contributed by atoms with Crippen LogP contribution in [0.3, 0.4) is 0 Å². The van der Waals surface area contributed by atoms with Crippen molar-refractivity contribution in [2.24, 2.45) is 0 Å². The van der Waals surface area contributed by atoms with Gasteiger partial charge in [0.05, 0.1) is 0 Å². The van der Waals surface area contributed by atoms with Crippen LogP contribution in [0.15, 0.2) is 54.6 Å². The molecular weight excluding hydrogens is 194 g/mol. The van der Waals surface area contributed by atoms with Crippen LogP contribution in [0.4, 0.5) is 0 Å². The second-order valence-corrected chi connectivity index (χ2v) is 4.04. The van der Waals surface area contributed by atoms with Crippen LogP contribution in [0.25, 0.3) is 22.2 Å². The first-order valence-corrected chi connectivity index (χ1v) is 5.49. The van der Waals surface area contributed by atoms with Gasteiger partial charge in [0.1, 0.15) is 0 Å². The molecule has 0 amide bonds. The lowest BCUT2D eigenvalue weighted by Gasteiger charge is -1.99. The Balaban J connectivity index is 2.29. The lowest BCUT2D eigenvalue weighted by molar-refractivity contribution is 1.41. The van der Waals surface area contributed by atoms with Crippen molar-refractivity contribution in [3.05, 3.63) is 60.2 Å². The maximum atomic E-state index is 3.48. The number of fused-ring (bicyclic) bond motifs is 1. The second-order valence-electron chi connectivity index (χ2n) is 4.04. The number of rotatable bonds is 1. The number of benzene rings is 2. The zero-order valence-corrected chi connectivity index (χ0v) is 9.20. The molecule has 0 saturated carbocycles. The summed E-state index contributed by atoms with van der Waals surface area (Å²) in [6.07, 6.45) is 0. The first-order valence-electron chi connectivity index (χ1n) is 5.49. The minimum absolute atomic E-state index is 1.21. The van der Waals surface area contributed by atoms with Crippen molar-refractivity contribution in [1.82, 2.24) is 4.98 Å². The van der Waals surface area contributed by atoms with Crippen molar-refractivity contribution in [3.63, 3.8) is 0 Å². The molecule has 1 heteroatoms. The van der Waals surface area contributed by atoms with Crippen LogP contribution in [-0.2, 0) is 0 Å². The van der Waals surface area contributed by atoms with Gasteiger partial charge in [-0.15, -0.1) is 0 Å². The topological polar surface area (TPSA) is 15.8 Å². The largest absolute Gasteiger partial charge is 0.354 e. The minimum Gasteiger partial charge on any atom is -0.354 e. The Hall–Kier alpha value is -2.02. The fourth-order valence-electron chi connectivity index (χ4n) is 2.18. The van der Waals surface area contributed by atoms with Gasteiger partial charge >= 0.3 is 0 Å². The molecule has 78 valence electrons. The highest BCUT2D eigenvalue weighted by Crippen LogP contribution is 2.28. The molecule has 16 heavy (non-hydrogen) atoms. The van der Waals surface area contributed by atoms with Crippen molar-refractivity contribution in [2.75, 3.05) is 0 Å². The van der Waals surface area contributed by atoms with Gasteiger partial charge in [-0.3, -0.25) is 0 Å². The molecule has 3 aromatic rings. The zero-order valence-electron chi connectivity index (χ0n) is 9.20. The van der Waals surface area contributed by atoms with Crippen molar-refractivity contribution >= 4 is 10.9 Å². The predicted octanol–water partition coefficient (Wildman–Crippen LogP) is 4.14. The Morgan fingerprint density at radius 1 is 0.812 bits per heavy atom. The lowest BCUT2D eigenvalue weighted by Crippen LogP contribution is -1.78. The van der Waals surface area contributed by atoms with Crippen LogP contribution in [0.2, 0.25) is 0 Å². The van der Waals surface area contributed by atoms with Gasteiger partial charge < -0.3 is 4.98 Å². The Labute approximate surface area is 94.7 Å². The van der Waals surface area contributed by atoms with E-state index in [1.54, 1.807) is 0 Å². The normalized spacial score (nSPS) is 10.8. The number of para-hydroxylation sites is 1. The number of H-pyrrole nitrogens is 1. The highest BCUT2D eigenvalue weighted by atomic mass is 14.7. The molecule has 0 fully saturated rings. The number of aromatic amines is 1. The minimum atomic E-state index is 1.21. The molecule has 0 aliphatic rings. The summed E-state index contributed by atoms with van der Waals surface area (Å²) < 4.78 is 0. The smallest absolute Gasteiger partial charge is 0.0494 e. The summed E-state index contributed by atoms with van der Waals surface area (Å²) in [5, 5.41) is 1.31. The summed E-state index contributed by atoms with van der Waals surface area (Å²) in [7, 11) is 0. The van der Waals surface area contributed by atoms with E-state index in [4.69, 9.17) is 0 Å². The maximum Gasteiger partial charge on any atom is 0.0494 e. The molecule has 0 spiro atoms. The molecule has 0 aliphatic heterocycles. The van der Waals surface area contributed by atoms with E-state index in [0.29, 0.717) is 0 Å². The molecule has 0 radical (unpaired) electrons. The van der Waals surface area contributed by atoms with E-state index in [-0.39, 0.29) is 0 Å². The Bertz CT molecular complexity index is 620. The quantitative estimate of drug-likeness (QED) is 0.617. The summed E-state index contributed by atoms with van der Waals surface area (Å²) >= 11 is 0. The van der Waals surface area contributed by atoms with E-state index in [0.717, 1.165) is 0 Å². The van der Waals surface area contributed by atoms with Gasteiger partial charge in [0, 0.05) is 16.6 Å². The van der Waals surface area contributed by atoms with Gasteiger partial charge in [-0.1, -0.05) is 48.5 Å². The molecular formula is C15H13N. The van der Waals surface area contributed by atoms with E-state index < -0.39 is 0 Å². The summed E-state index contributed by atoms with van der Waals surface area (Å²) in [6.45, 7) is 2.17. The van der Waals surface area contributed by atoms with Crippen molar-refractivity contribution < 1.29 is 0 Å². The van der Waals surface area contributed by atoms with E-state index in [9.17, 15) is 0 Å². The van der Waals surface area contributed by atoms with Crippen LogP contribution in [-0.4, -0.2) is 4.98 Å². The highest BCUT2D eigenvalue weighted by molar-refractivity contribution is 5.90. The van der Waals surface area contributed by atoms with Crippen LogP contribution in [0.1, 0.15) is 5.56 Å². The zero-order chi connectivity index (χ0) is 11.0. The van der Waals surface area contributed by atoms with Crippen LogP contribution in [0.5, 0.6) is 0 Å². The van der Waals surface area contributed by atoms with Gasteiger partial charge in [-0.2, -0.15) is 0 Å². The van der Waals surface area contributed by atoms with E-state index in [1.807, 2.05) is 6.07 Å².